The number of nitrogens with zero attached hydrogens (tertiary/aromatic N) is 4. The van der Waals surface area contributed by atoms with Crippen molar-refractivity contribution in [1.29, 1.82) is 0 Å². The summed E-state index contributed by atoms with van der Waals surface area (Å²) in [6.07, 6.45) is 0. The number of para-hydroxylation sites is 1. The monoisotopic (exact) mass is 405 g/mol. The summed E-state index contributed by atoms with van der Waals surface area (Å²) in [7, 11) is 1.63. The fourth-order valence-electron chi connectivity index (χ4n) is 3.69. The average Bonchev–Trinajstić information content (AvgIpc) is 2.80. The first-order valence-electron chi connectivity index (χ1n) is 10.3. The molecule has 1 aliphatic heterocycles. The molecule has 1 fully saturated rings. The molecule has 2 aromatic carbocycles. The predicted molar refractivity (Wildman–Crippen MR) is 119 cm³/mol. The normalized spacial score (nSPS) is 14.8. The molecule has 1 saturated heterocycles. The predicted octanol–water partition coefficient (Wildman–Crippen LogP) is 2.18. The molecule has 0 unspecified atom stereocenters. The molecular formula is C23H27N5O2. The lowest BCUT2D eigenvalue weighted by atomic mass is 10.1. The molecule has 0 aliphatic carbocycles. The van der Waals surface area contributed by atoms with E-state index in [1.54, 1.807) is 7.11 Å². The Morgan fingerprint density at radius 3 is 2.50 bits per heavy atom. The van der Waals surface area contributed by atoms with Gasteiger partial charge in [-0.3, -0.25) is 9.69 Å². The molecule has 0 bridgehead atoms. The largest absolute Gasteiger partial charge is 0.383 e. The van der Waals surface area contributed by atoms with Crippen molar-refractivity contribution in [3.8, 4) is 11.4 Å². The number of nitrogens with one attached hydrogen (secondary N) is 1. The number of ether oxygens (including phenoxy) is 1. The van der Waals surface area contributed by atoms with Crippen LogP contribution in [0.3, 0.4) is 0 Å². The van der Waals surface area contributed by atoms with Gasteiger partial charge < -0.3 is 15.0 Å². The molecule has 156 valence electrons. The topological polar surface area (TPSA) is 70.6 Å². The van der Waals surface area contributed by atoms with Crippen molar-refractivity contribution < 1.29 is 9.53 Å². The lowest BCUT2D eigenvalue weighted by molar-refractivity contribution is -0.122. The van der Waals surface area contributed by atoms with Crippen molar-refractivity contribution in [3.63, 3.8) is 0 Å². The fraction of sp³-hybridized carbons (Fsp3) is 0.348. The lowest BCUT2D eigenvalue weighted by Crippen LogP contribution is -2.50. The maximum absolute atomic E-state index is 12.1. The number of carbonyl (C=O) groups excluding carboxylic acids is 1. The Kier molecular flexibility index (Phi) is 6.51. The smallest absolute Gasteiger partial charge is 0.234 e. The van der Waals surface area contributed by atoms with E-state index in [2.05, 4.69) is 21.2 Å². The summed E-state index contributed by atoms with van der Waals surface area (Å²) in [6, 6.07) is 18.2. The van der Waals surface area contributed by atoms with Crippen molar-refractivity contribution in [2.45, 2.75) is 0 Å². The Morgan fingerprint density at radius 2 is 1.73 bits per heavy atom. The molecule has 7 nitrogen and oxygen atoms in total. The molecule has 0 saturated carbocycles. The van der Waals surface area contributed by atoms with Gasteiger partial charge in [0.1, 0.15) is 5.82 Å². The van der Waals surface area contributed by atoms with Gasteiger partial charge in [0.25, 0.3) is 0 Å². The summed E-state index contributed by atoms with van der Waals surface area (Å²) in [4.78, 5) is 26.3. The van der Waals surface area contributed by atoms with Crippen LogP contribution in [-0.4, -0.2) is 73.8 Å². The molecule has 30 heavy (non-hydrogen) atoms. The first kappa shape index (κ1) is 20.3. The van der Waals surface area contributed by atoms with Gasteiger partial charge in [-0.1, -0.05) is 42.5 Å². The van der Waals surface area contributed by atoms with Gasteiger partial charge in [-0.15, -0.1) is 0 Å². The van der Waals surface area contributed by atoms with Crippen LogP contribution in [0.5, 0.6) is 0 Å². The van der Waals surface area contributed by atoms with Crippen LogP contribution in [0.15, 0.2) is 54.6 Å². The second-order valence-electron chi connectivity index (χ2n) is 7.36. The third-order valence-corrected chi connectivity index (χ3v) is 5.28. The van der Waals surface area contributed by atoms with E-state index < -0.39 is 0 Å². The summed E-state index contributed by atoms with van der Waals surface area (Å²) >= 11 is 0. The number of fused-ring (bicyclic) bond motifs is 1. The van der Waals surface area contributed by atoms with E-state index in [9.17, 15) is 4.79 Å². The van der Waals surface area contributed by atoms with Crippen molar-refractivity contribution in [2.75, 3.05) is 57.9 Å². The van der Waals surface area contributed by atoms with E-state index in [4.69, 9.17) is 14.7 Å². The minimum Gasteiger partial charge on any atom is -0.383 e. The zero-order valence-electron chi connectivity index (χ0n) is 17.3. The van der Waals surface area contributed by atoms with Crippen molar-refractivity contribution in [3.05, 3.63) is 54.6 Å². The van der Waals surface area contributed by atoms with Crippen LogP contribution >= 0.6 is 0 Å². The third-order valence-electron chi connectivity index (χ3n) is 5.28. The van der Waals surface area contributed by atoms with Crippen LogP contribution in [0.25, 0.3) is 22.3 Å². The Hall–Kier alpha value is -3.03. The number of rotatable bonds is 7. The number of amides is 1. The zero-order chi connectivity index (χ0) is 20.8. The first-order valence-corrected chi connectivity index (χ1v) is 10.3. The van der Waals surface area contributed by atoms with Crippen LogP contribution < -0.4 is 10.2 Å². The van der Waals surface area contributed by atoms with E-state index in [1.807, 2.05) is 48.5 Å². The molecule has 2 heterocycles. The highest BCUT2D eigenvalue weighted by Gasteiger charge is 2.22. The minimum absolute atomic E-state index is 0.0411. The molecule has 1 N–H and O–H groups in total. The minimum atomic E-state index is 0.0411. The fourth-order valence-corrected chi connectivity index (χ4v) is 3.69. The number of carbonyl (C=O) groups is 1. The summed E-state index contributed by atoms with van der Waals surface area (Å²) in [6.45, 7) is 4.76. The Bertz CT molecular complexity index is 987. The molecule has 0 spiro atoms. The van der Waals surface area contributed by atoms with Gasteiger partial charge in [0, 0.05) is 50.8 Å². The second kappa shape index (κ2) is 9.65. The summed E-state index contributed by atoms with van der Waals surface area (Å²) in [5.41, 5.74) is 1.96. The van der Waals surface area contributed by atoms with Gasteiger partial charge >= 0.3 is 0 Å². The van der Waals surface area contributed by atoms with Crippen molar-refractivity contribution in [1.82, 2.24) is 20.2 Å². The second-order valence-corrected chi connectivity index (χ2v) is 7.36. The van der Waals surface area contributed by atoms with Crippen molar-refractivity contribution >= 4 is 22.6 Å². The molecule has 0 atom stereocenters. The molecule has 4 rings (SSSR count). The SMILES string of the molecule is COCCNC(=O)CN1CCN(c2nc(-c3ccccc3)nc3ccccc23)CC1. The first-order chi connectivity index (χ1) is 14.7. The highest BCUT2D eigenvalue weighted by Crippen LogP contribution is 2.28. The number of methoxy groups -OCH3 is 1. The molecular weight excluding hydrogens is 378 g/mol. The molecule has 1 aromatic heterocycles. The van der Waals surface area contributed by atoms with Crippen LogP contribution in [0.1, 0.15) is 0 Å². The summed E-state index contributed by atoms with van der Waals surface area (Å²) in [5, 5.41) is 3.94. The molecule has 1 amide bonds. The number of hydrogen-bond donors (Lipinski definition) is 1. The van der Waals surface area contributed by atoms with Crippen molar-refractivity contribution in [2.24, 2.45) is 0 Å². The number of aromatic nitrogens is 2. The summed E-state index contributed by atoms with van der Waals surface area (Å²) in [5.74, 6) is 1.74. The Balaban J connectivity index is 1.49. The van der Waals surface area contributed by atoms with Crippen LogP contribution in [0.4, 0.5) is 5.82 Å². The maximum atomic E-state index is 12.1. The molecule has 7 heteroatoms. The molecule has 1 aliphatic rings. The van der Waals surface area contributed by atoms with Gasteiger partial charge in [-0.2, -0.15) is 0 Å². The quantitative estimate of drug-likeness (QED) is 0.608. The van der Waals surface area contributed by atoms with E-state index in [0.29, 0.717) is 19.7 Å². The average molecular weight is 406 g/mol. The van der Waals surface area contributed by atoms with E-state index in [-0.39, 0.29) is 5.91 Å². The van der Waals surface area contributed by atoms with E-state index >= 15 is 0 Å². The van der Waals surface area contributed by atoms with E-state index in [1.165, 1.54) is 0 Å². The van der Waals surface area contributed by atoms with Gasteiger partial charge in [0.2, 0.25) is 5.91 Å². The van der Waals surface area contributed by atoms with Gasteiger partial charge in [0.05, 0.1) is 18.7 Å². The molecule has 0 radical (unpaired) electrons. The van der Waals surface area contributed by atoms with Crippen LogP contribution in [0, 0.1) is 0 Å². The Labute approximate surface area is 176 Å². The maximum Gasteiger partial charge on any atom is 0.234 e. The number of piperazine rings is 1. The van der Waals surface area contributed by atoms with E-state index in [0.717, 1.165) is 54.3 Å². The van der Waals surface area contributed by atoms with Crippen LogP contribution in [-0.2, 0) is 9.53 Å². The standard InChI is InChI=1S/C23H27N5O2/c1-30-16-11-24-21(29)17-27-12-14-28(15-13-27)23-19-9-5-6-10-20(19)25-22(26-23)18-7-3-2-4-8-18/h2-10H,11-17H2,1H3,(H,24,29). The van der Waals surface area contributed by atoms with Gasteiger partial charge in [0.15, 0.2) is 5.82 Å². The highest BCUT2D eigenvalue weighted by atomic mass is 16.5. The number of hydrogen-bond acceptors (Lipinski definition) is 6. The molecule has 3 aromatic rings. The lowest BCUT2D eigenvalue weighted by Gasteiger charge is -2.35. The van der Waals surface area contributed by atoms with Gasteiger partial charge in [-0.25, -0.2) is 9.97 Å². The third kappa shape index (κ3) is 4.75. The number of anilines is 1. The number of benzene rings is 2. The summed E-state index contributed by atoms with van der Waals surface area (Å²) < 4.78 is 4.97. The highest BCUT2D eigenvalue weighted by molar-refractivity contribution is 5.91. The van der Waals surface area contributed by atoms with Crippen LogP contribution in [0.2, 0.25) is 0 Å². The van der Waals surface area contributed by atoms with Gasteiger partial charge in [-0.05, 0) is 12.1 Å². The Morgan fingerprint density at radius 1 is 1.00 bits per heavy atom. The zero-order valence-corrected chi connectivity index (χ0v) is 17.3.